The summed E-state index contributed by atoms with van der Waals surface area (Å²) in [5.74, 6) is 0.383. The summed E-state index contributed by atoms with van der Waals surface area (Å²) in [5, 5.41) is 0.336. The van der Waals surface area contributed by atoms with E-state index in [0.29, 0.717) is 17.5 Å². The number of hydrogen-bond donors (Lipinski definition) is 0. The van der Waals surface area contributed by atoms with Crippen LogP contribution in [0.3, 0.4) is 0 Å². The van der Waals surface area contributed by atoms with Crippen LogP contribution in [-0.4, -0.2) is 16.5 Å². The summed E-state index contributed by atoms with van der Waals surface area (Å²) < 4.78 is 12.9. The first-order chi connectivity index (χ1) is 8.20. The van der Waals surface area contributed by atoms with Gasteiger partial charge in [0.25, 0.3) is 0 Å². The molecule has 0 fully saturated rings. The van der Waals surface area contributed by atoms with Crippen molar-refractivity contribution in [2.45, 2.75) is 6.92 Å². The molecular formula is C12H11ClFN3. The smallest absolute Gasteiger partial charge is 0.153 e. The van der Waals surface area contributed by atoms with Gasteiger partial charge in [-0.15, -0.1) is 0 Å². The van der Waals surface area contributed by atoms with Crippen LogP contribution in [0.5, 0.6) is 0 Å². The van der Waals surface area contributed by atoms with Gasteiger partial charge in [-0.25, -0.2) is 9.37 Å². The molecule has 0 radical (unpaired) electrons. The monoisotopic (exact) mass is 251 g/mol. The summed E-state index contributed by atoms with van der Waals surface area (Å²) in [7, 11) is 0. The third kappa shape index (κ3) is 2.71. The first-order valence-corrected chi connectivity index (χ1v) is 5.59. The summed E-state index contributed by atoms with van der Waals surface area (Å²) in [5.41, 5.74) is 0.852. The van der Waals surface area contributed by atoms with E-state index < -0.39 is 0 Å². The van der Waals surface area contributed by atoms with Gasteiger partial charge in [0.2, 0.25) is 0 Å². The van der Waals surface area contributed by atoms with Crippen molar-refractivity contribution in [3.8, 4) is 0 Å². The Morgan fingerprint density at radius 2 is 1.94 bits per heavy atom. The summed E-state index contributed by atoms with van der Waals surface area (Å²) in [4.78, 5) is 10.1. The van der Waals surface area contributed by atoms with E-state index in [1.54, 1.807) is 18.3 Å². The molecule has 0 amide bonds. The minimum absolute atomic E-state index is 0.262. The van der Waals surface area contributed by atoms with Gasteiger partial charge in [-0.1, -0.05) is 11.6 Å². The van der Waals surface area contributed by atoms with Crippen LogP contribution in [0.1, 0.15) is 6.92 Å². The van der Waals surface area contributed by atoms with Crippen LogP contribution in [0.4, 0.5) is 15.9 Å². The van der Waals surface area contributed by atoms with Gasteiger partial charge in [0, 0.05) is 12.2 Å². The highest BCUT2D eigenvalue weighted by atomic mass is 35.5. The van der Waals surface area contributed by atoms with E-state index in [1.165, 1.54) is 18.3 Å². The van der Waals surface area contributed by atoms with E-state index in [9.17, 15) is 4.39 Å². The Hall–Kier alpha value is -1.68. The van der Waals surface area contributed by atoms with Crippen LogP contribution in [0, 0.1) is 5.82 Å². The molecule has 0 aliphatic carbocycles. The van der Waals surface area contributed by atoms with Crippen molar-refractivity contribution in [2.24, 2.45) is 0 Å². The quantitative estimate of drug-likeness (QED) is 0.837. The number of anilines is 2. The fourth-order valence-electron chi connectivity index (χ4n) is 1.56. The average molecular weight is 252 g/mol. The lowest BCUT2D eigenvalue weighted by atomic mass is 10.3. The zero-order chi connectivity index (χ0) is 12.3. The second-order valence-electron chi connectivity index (χ2n) is 3.42. The van der Waals surface area contributed by atoms with Gasteiger partial charge in [0.15, 0.2) is 5.82 Å². The Morgan fingerprint density at radius 1 is 1.24 bits per heavy atom. The molecule has 3 nitrogen and oxygen atoms in total. The number of rotatable bonds is 3. The fourth-order valence-corrected chi connectivity index (χ4v) is 1.70. The highest BCUT2D eigenvalue weighted by Crippen LogP contribution is 2.23. The molecule has 0 bridgehead atoms. The summed E-state index contributed by atoms with van der Waals surface area (Å²) in [6, 6.07) is 6.22. The van der Waals surface area contributed by atoms with Crippen LogP contribution in [0.25, 0.3) is 0 Å². The second kappa shape index (κ2) is 5.10. The average Bonchev–Trinajstić information content (AvgIpc) is 2.33. The van der Waals surface area contributed by atoms with Crippen LogP contribution in [0.2, 0.25) is 5.15 Å². The first kappa shape index (κ1) is 11.8. The van der Waals surface area contributed by atoms with E-state index in [-0.39, 0.29) is 5.82 Å². The number of halogens is 2. The Balaban J connectivity index is 2.36. The fraction of sp³-hybridized carbons (Fsp3) is 0.167. The van der Waals surface area contributed by atoms with Gasteiger partial charge in [-0.05, 0) is 31.2 Å². The largest absolute Gasteiger partial charge is 0.325 e. The molecule has 0 saturated heterocycles. The van der Waals surface area contributed by atoms with Crippen LogP contribution in [0.15, 0.2) is 36.7 Å². The van der Waals surface area contributed by atoms with E-state index >= 15 is 0 Å². The predicted molar refractivity (Wildman–Crippen MR) is 66.1 cm³/mol. The molecule has 1 aromatic carbocycles. The van der Waals surface area contributed by atoms with Crippen molar-refractivity contribution >= 4 is 23.1 Å². The van der Waals surface area contributed by atoms with E-state index in [1.807, 2.05) is 11.8 Å². The van der Waals surface area contributed by atoms with Crippen molar-refractivity contribution in [1.82, 2.24) is 9.97 Å². The molecule has 0 N–H and O–H groups in total. The number of nitrogens with zero attached hydrogens (tertiary/aromatic N) is 3. The molecule has 2 aromatic rings. The van der Waals surface area contributed by atoms with Crippen LogP contribution in [-0.2, 0) is 0 Å². The Kier molecular flexibility index (Phi) is 3.54. The lowest BCUT2D eigenvalue weighted by Gasteiger charge is -2.21. The third-order valence-electron chi connectivity index (χ3n) is 2.32. The van der Waals surface area contributed by atoms with E-state index in [2.05, 4.69) is 9.97 Å². The molecule has 2 rings (SSSR count). The highest BCUT2D eigenvalue weighted by Gasteiger charge is 2.09. The molecule has 0 aliphatic heterocycles. The molecule has 0 spiro atoms. The SMILES string of the molecule is CCN(c1ccc(F)cc1)c1cncc(Cl)n1. The maximum absolute atomic E-state index is 12.9. The Bertz CT molecular complexity index is 501. The normalized spacial score (nSPS) is 10.3. The van der Waals surface area contributed by atoms with Crippen molar-refractivity contribution in [1.29, 1.82) is 0 Å². The molecule has 88 valence electrons. The predicted octanol–water partition coefficient (Wildman–Crippen LogP) is 3.43. The van der Waals surface area contributed by atoms with Gasteiger partial charge in [-0.2, -0.15) is 0 Å². The Morgan fingerprint density at radius 3 is 2.53 bits per heavy atom. The lowest BCUT2D eigenvalue weighted by molar-refractivity contribution is 0.628. The van der Waals surface area contributed by atoms with Gasteiger partial charge in [0.05, 0.1) is 12.4 Å². The van der Waals surface area contributed by atoms with E-state index in [4.69, 9.17) is 11.6 Å². The minimum Gasteiger partial charge on any atom is -0.325 e. The first-order valence-electron chi connectivity index (χ1n) is 5.21. The number of benzene rings is 1. The summed E-state index contributed by atoms with van der Waals surface area (Å²) in [6.07, 6.45) is 3.10. The van der Waals surface area contributed by atoms with Gasteiger partial charge >= 0.3 is 0 Å². The Labute approximate surface area is 104 Å². The maximum Gasteiger partial charge on any atom is 0.153 e. The molecule has 0 unspecified atom stereocenters. The maximum atomic E-state index is 12.9. The van der Waals surface area contributed by atoms with Crippen molar-refractivity contribution in [3.63, 3.8) is 0 Å². The molecule has 0 saturated carbocycles. The van der Waals surface area contributed by atoms with Crippen LogP contribution < -0.4 is 4.90 Å². The van der Waals surface area contributed by atoms with Gasteiger partial charge in [0.1, 0.15) is 11.0 Å². The van der Waals surface area contributed by atoms with Crippen molar-refractivity contribution in [2.75, 3.05) is 11.4 Å². The minimum atomic E-state index is -0.262. The third-order valence-corrected chi connectivity index (χ3v) is 2.51. The standard InChI is InChI=1S/C12H11ClFN3/c1-2-17(10-5-3-9(14)4-6-10)12-8-15-7-11(13)16-12/h3-8H,2H2,1H3. The molecule has 1 heterocycles. The molecule has 5 heteroatoms. The summed E-state index contributed by atoms with van der Waals surface area (Å²) >= 11 is 5.80. The van der Waals surface area contributed by atoms with Crippen LogP contribution >= 0.6 is 11.6 Å². The lowest BCUT2D eigenvalue weighted by Crippen LogP contribution is -2.17. The zero-order valence-electron chi connectivity index (χ0n) is 9.27. The van der Waals surface area contributed by atoms with Crippen molar-refractivity contribution < 1.29 is 4.39 Å². The topological polar surface area (TPSA) is 29.0 Å². The van der Waals surface area contributed by atoms with Gasteiger partial charge < -0.3 is 4.90 Å². The second-order valence-corrected chi connectivity index (χ2v) is 3.81. The number of hydrogen-bond acceptors (Lipinski definition) is 3. The van der Waals surface area contributed by atoms with E-state index in [0.717, 1.165) is 5.69 Å². The molecule has 0 atom stereocenters. The summed E-state index contributed by atoms with van der Waals surface area (Å²) in [6.45, 7) is 2.67. The zero-order valence-corrected chi connectivity index (χ0v) is 10.0. The number of aromatic nitrogens is 2. The molecular weight excluding hydrogens is 241 g/mol. The van der Waals surface area contributed by atoms with Crippen molar-refractivity contribution in [3.05, 3.63) is 47.6 Å². The molecule has 17 heavy (non-hydrogen) atoms. The highest BCUT2D eigenvalue weighted by molar-refractivity contribution is 6.29. The molecule has 0 aliphatic rings. The van der Waals surface area contributed by atoms with Gasteiger partial charge in [-0.3, -0.25) is 4.98 Å². The molecule has 1 aromatic heterocycles.